The fourth-order valence-electron chi connectivity index (χ4n) is 2.92. The highest BCUT2D eigenvalue weighted by Gasteiger charge is 2.17. The molecular weight excluding hydrogens is 358 g/mol. The average molecular weight is 380 g/mol. The summed E-state index contributed by atoms with van der Waals surface area (Å²) in [6, 6.07) is 1.95. The molecule has 0 saturated carbocycles. The maximum absolute atomic E-state index is 12.2. The van der Waals surface area contributed by atoms with Crippen LogP contribution in [-0.4, -0.2) is 16.4 Å². The maximum atomic E-state index is 12.2. The number of carbonyl (C=O) groups excluding carboxylic acids is 2. The fourth-order valence-corrected chi connectivity index (χ4v) is 4.83. The second-order valence-electron chi connectivity index (χ2n) is 6.17. The van der Waals surface area contributed by atoms with Crippen LogP contribution in [0.2, 0.25) is 0 Å². The van der Waals surface area contributed by atoms with Gasteiger partial charge in [0.05, 0.1) is 4.88 Å². The molecule has 0 fully saturated rings. The van der Waals surface area contributed by atoms with E-state index in [0.29, 0.717) is 11.4 Å². The van der Waals surface area contributed by atoms with Crippen LogP contribution in [0.5, 0.6) is 0 Å². The molecule has 2 aromatic heterocycles. The number of thiazole rings is 1. The molecule has 0 atom stereocenters. The third-order valence-corrected chi connectivity index (χ3v) is 6.44. The molecule has 134 valence electrons. The number of carbonyl (C=O) groups is 2. The summed E-state index contributed by atoms with van der Waals surface area (Å²) in [5.74, 6) is -0.598. The Hall–Kier alpha value is -1.93. The van der Waals surface area contributed by atoms with E-state index in [1.807, 2.05) is 13.0 Å². The SMILES string of the molecule is Cc1csc(=O)n1CCC(=O)NNC(=O)c1cc2c(s1)CCCCC2. The Labute approximate surface area is 153 Å². The quantitative estimate of drug-likeness (QED) is 0.632. The smallest absolute Gasteiger partial charge is 0.303 e. The highest BCUT2D eigenvalue weighted by atomic mass is 32.1. The number of rotatable bonds is 4. The van der Waals surface area contributed by atoms with E-state index < -0.39 is 0 Å². The molecule has 0 aromatic carbocycles. The topological polar surface area (TPSA) is 80.2 Å². The van der Waals surface area contributed by atoms with E-state index in [4.69, 9.17) is 0 Å². The molecule has 0 aliphatic heterocycles. The average Bonchev–Trinajstić information content (AvgIpc) is 3.06. The molecule has 1 aliphatic rings. The zero-order valence-corrected chi connectivity index (χ0v) is 15.7. The van der Waals surface area contributed by atoms with Crippen LogP contribution in [0.3, 0.4) is 0 Å². The van der Waals surface area contributed by atoms with E-state index in [1.54, 1.807) is 9.95 Å². The zero-order chi connectivity index (χ0) is 17.8. The van der Waals surface area contributed by atoms with Gasteiger partial charge >= 0.3 is 4.87 Å². The van der Waals surface area contributed by atoms with Crippen LogP contribution in [0.4, 0.5) is 0 Å². The normalized spacial score (nSPS) is 13.8. The van der Waals surface area contributed by atoms with Gasteiger partial charge in [-0.15, -0.1) is 11.3 Å². The number of hydrogen-bond acceptors (Lipinski definition) is 5. The van der Waals surface area contributed by atoms with E-state index in [1.165, 1.54) is 41.0 Å². The Morgan fingerprint density at radius 3 is 2.76 bits per heavy atom. The highest BCUT2D eigenvalue weighted by molar-refractivity contribution is 7.14. The molecule has 0 unspecified atom stereocenters. The summed E-state index contributed by atoms with van der Waals surface area (Å²) in [5.41, 5.74) is 7.01. The minimum atomic E-state index is -0.316. The number of amides is 2. The van der Waals surface area contributed by atoms with Gasteiger partial charge in [0.25, 0.3) is 5.91 Å². The van der Waals surface area contributed by atoms with Crippen LogP contribution in [-0.2, 0) is 24.2 Å². The van der Waals surface area contributed by atoms with Crippen molar-refractivity contribution < 1.29 is 9.59 Å². The van der Waals surface area contributed by atoms with Crippen LogP contribution in [0.25, 0.3) is 0 Å². The van der Waals surface area contributed by atoms with Crippen molar-refractivity contribution in [3.63, 3.8) is 0 Å². The summed E-state index contributed by atoms with van der Waals surface area (Å²) in [6.45, 7) is 2.14. The summed E-state index contributed by atoms with van der Waals surface area (Å²) in [4.78, 5) is 37.6. The summed E-state index contributed by atoms with van der Waals surface area (Å²) in [5, 5.41) is 1.77. The van der Waals surface area contributed by atoms with Gasteiger partial charge in [-0.2, -0.15) is 0 Å². The summed E-state index contributed by atoms with van der Waals surface area (Å²) >= 11 is 2.64. The van der Waals surface area contributed by atoms with E-state index >= 15 is 0 Å². The first-order valence-electron chi connectivity index (χ1n) is 8.40. The molecule has 0 radical (unpaired) electrons. The van der Waals surface area contributed by atoms with Gasteiger partial charge < -0.3 is 4.57 Å². The maximum Gasteiger partial charge on any atom is 0.307 e. The van der Waals surface area contributed by atoms with Gasteiger partial charge in [-0.05, 0) is 44.2 Å². The van der Waals surface area contributed by atoms with Crippen molar-refractivity contribution >= 4 is 34.5 Å². The number of fused-ring (bicyclic) bond motifs is 1. The minimum absolute atomic E-state index is 0.0746. The molecular formula is C17H21N3O3S2. The lowest BCUT2D eigenvalue weighted by Crippen LogP contribution is -2.41. The Bertz CT molecular complexity index is 811. The molecule has 2 amide bonds. The molecule has 8 heteroatoms. The van der Waals surface area contributed by atoms with Crippen LogP contribution in [0, 0.1) is 6.92 Å². The lowest BCUT2D eigenvalue weighted by molar-refractivity contribution is -0.122. The molecule has 25 heavy (non-hydrogen) atoms. The summed E-state index contributed by atoms with van der Waals surface area (Å²) in [6.07, 6.45) is 5.79. The molecule has 0 spiro atoms. The van der Waals surface area contributed by atoms with Crippen LogP contribution >= 0.6 is 22.7 Å². The van der Waals surface area contributed by atoms with E-state index in [0.717, 1.165) is 29.9 Å². The first-order chi connectivity index (χ1) is 12.0. The molecule has 2 N–H and O–H groups in total. The molecule has 3 rings (SSSR count). The van der Waals surface area contributed by atoms with E-state index in [2.05, 4.69) is 10.9 Å². The van der Waals surface area contributed by atoms with Gasteiger partial charge in [-0.25, -0.2) is 0 Å². The van der Waals surface area contributed by atoms with Crippen LogP contribution < -0.4 is 15.7 Å². The van der Waals surface area contributed by atoms with Crippen molar-refractivity contribution in [2.24, 2.45) is 0 Å². The third kappa shape index (κ3) is 4.38. The van der Waals surface area contributed by atoms with Crippen molar-refractivity contribution in [1.82, 2.24) is 15.4 Å². The monoisotopic (exact) mass is 379 g/mol. The van der Waals surface area contributed by atoms with Gasteiger partial charge in [0.2, 0.25) is 5.91 Å². The van der Waals surface area contributed by atoms with Gasteiger partial charge in [0.15, 0.2) is 0 Å². The minimum Gasteiger partial charge on any atom is -0.303 e. The lowest BCUT2D eigenvalue weighted by atomic mass is 10.1. The fraction of sp³-hybridized carbons (Fsp3) is 0.471. The van der Waals surface area contributed by atoms with Gasteiger partial charge in [0.1, 0.15) is 0 Å². The molecule has 2 heterocycles. The van der Waals surface area contributed by atoms with Gasteiger partial charge in [-0.1, -0.05) is 17.8 Å². The first-order valence-corrected chi connectivity index (χ1v) is 10.1. The number of thiophene rings is 1. The Balaban J connectivity index is 1.50. The molecule has 1 aliphatic carbocycles. The number of hydrazine groups is 1. The van der Waals surface area contributed by atoms with Crippen molar-refractivity contribution in [2.45, 2.75) is 52.0 Å². The number of aromatic nitrogens is 1. The van der Waals surface area contributed by atoms with E-state index in [-0.39, 0.29) is 23.1 Å². The van der Waals surface area contributed by atoms with Crippen molar-refractivity contribution in [3.8, 4) is 0 Å². The predicted molar refractivity (Wildman–Crippen MR) is 99.1 cm³/mol. The van der Waals surface area contributed by atoms with Crippen LogP contribution in [0.1, 0.15) is 51.5 Å². The number of aryl methyl sites for hydroxylation is 3. The number of hydrogen-bond donors (Lipinski definition) is 2. The molecule has 0 bridgehead atoms. The second-order valence-corrected chi connectivity index (χ2v) is 8.12. The van der Waals surface area contributed by atoms with Crippen molar-refractivity contribution in [1.29, 1.82) is 0 Å². The van der Waals surface area contributed by atoms with Gasteiger partial charge in [0, 0.05) is 28.9 Å². The molecule has 0 saturated heterocycles. The second kappa shape index (κ2) is 7.97. The standard InChI is InChI=1S/C17H21N3O3S2/c1-11-10-24-17(23)20(11)8-7-15(21)18-19-16(22)14-9-12-5-3-2-4-6-13(12)25-14/h9-10H,2-8H2,1H3,(H,18,21)(H,19,22). The molecule has 6 nitrogen and oxygen atoms in total. The number of nitrogens with zero attached hydrogens (tertiary/aromatic N) is 1. The van der Waals surface area contributed by atoms with E-state index in [9.17, 15) is 14.4 Å². The first kappa shape index (κ1) is 17.9. The third-order valence-electron chi connectivity index (χ3n) is 4.32. The van der Waals surface area contributed by atoms with Crippen LogP contribution in [0.15, 0.2) is 16.2 Å². The Kier molecular flexibility index (Phi) is 5.70. The number of nitrogens with one attached hydrogen (secondary N) is 2. The van der Waals surface area contributed by atoms with Crippen molar-refractivity contribution in [3.05, 3.63) is 42.1 Å². The predicted octanol–water partition coefficient (Wildman–Crippen LogP) is 2.40. The lowest BCUT2D eigenvalue weighted by Gasteiger charge is -2.07. The Morgan fingerprint density at radius 2 is 2.00 bits per heavy atom. The Morgan fingerprint density at radius 1 is 1.20 bits per heavy atom. The summed E-state index contributed by atoms with van der Waals surface area (Å²) in [7, 11) is 0. The van der Waals surface area contributed by atoms with Crippen molar-refractivity contribution in [2.75, 3.05) is 0 Å². The largest absolute Gasteiger partial charge is 0.307 e. The van der Waals surface area contributed by atoms with Gasteiger partial charge in [-0.3, -0.25) is 25.2 Å². The summed E-state index contributed by atoms with van der Waals surface area (Å²) < 4.78 is 1.56. The zero-order valence-electron chi connectivity index (χ0n) is 14.1. The highest BCUT2D eigenvalue weighted by Crippen LogP contribution is 2.28. The molecule has 2 aromatic rings.